The molecule has 0 atom stereocenters. The lowest BCUT2D eigenvalue weighted by Crippen LogP contribution is -2.09. The minimum atomic E-state index is -0.478. The summed E-state index contributed by atoms with van der Waals surface area (Å²) in [5, 5.41) is 14.6. The highest BCUT2D eigenvalue weighted by atomic mass is 16.5. The highest BCUT2D eigenvalue weighted by molar-refractivity contribution is 6.10. The Kier molecular flexibility index (Phi) is 4.37. The fraction of sp³-hybridized carbons (Fsp3) is 0. The van der Waals surface area contributed by atoms with Crippen molar-refractivity contribution in [1.29, 1.82) is 0 Å². The zero-order valence-electron chi connectivity index (χ0n) is 15.9. The number of benzene rings is 4. The molecule has 0 radical (unpaired) electrons. The van der Waals surface area contributed by atoms with Crippen molar-refractivity contribution in [3.05, 3.63) is 103 Å². The van der Waals surface area contributed by atoms with E-state index in [0.717, 1.165) is 21.5 Å². The van der Waals surface area contributed by atoms with Gasteiger partial charge in [-0.05, 0) is 45.8 Å². The van der Waals surface area contributed by atoms with E-state index in [9.17, 15) is 9.90 Å². The summed E-state index contributed by atoms with van der Waals surface area (Å²) in [5.41, 5.74) is 1.73. The first-order valence-electron chi connectivity index (χ1n) is 9.57. The lowest BCUT2D eigenvalue weighted by atomic mass is 9.92. The maximum Gasteiger partial charge on any atom is 0.343 e. The van der Waals surface area contributed by atoms with Crippen LogP contribution in [0.2, 0.25) is 0 Å². The van der Waals surface area contributed by atoms with Crippen LogP contribution in [0.25, 0.3) is 32.7 Å². The van der Waals surface area contributed by atoms with Crippen LogP contribution in [0.5, 0.6) is 11.5 Å². The maximum absolute atomic E-state index is 12.8. The molecule has 1 aromatic heterocycles. The molecule has 1 N–H and O–H groups in total. The highest BCUT2D eigenvalue weighted by Crippen LogP contribution is 2.45. The van der Waals surface area contributed by atoms with E-state index in [1.54, 1.807) is 36.7 Å². The number of pyridine rings is 1. The summed E-state index contributed by atoms with van der Waals surface area (Å²) in [7, 11) is 0. The molecular weight excluding hydrogens is 374 g/mol. The van der Waals surface area contributed by atoms with E-state index in [1.807, 2.05) is 60.7 Å². The summed E-state index contributed by atoms with van der Waals surface area (Å²) in [4.78, 5) is 16.7. The Morgan fingerprint density at radius 1 is 0.700 bits per heavy atom. The standard InChI is InChI=1S/C26H17NO3/c28-22-11-9-17-5-1-3-7-20(17)24(22)25-21-8-4-2-6-18(21)10-12-23(25)30-26(29)19-13-15-27-16-14-19/h1-16,28H. The number of aromatic nitrogens is 1. The van der Waals surface area contributed by atoms with E-state index in [2.05, 4.69) is 4.98 Å². The first-order chi connectivity index (χ1) is 14.7. The SMILES string of the molecule is O=C(Oc1ccc2ccccc2c1-c1c(O)ccc2ccccc12)c1ccncc1. The molecule has 0 bridgehead atoms. The Balaban J connectivity index is 1.78. The van der Waals surface area contributed by atoms with E-state index >= 15 is 0 Å². The zero-order chi connectivity index (χ0) is 20.5. The van der Waals surface area contributed by atoms with Crippen molar-refractivity contribution >= 4 is 27.5 Å². The average molecular weight is 391 g/mol. The molecule has 0 saturated heterocycles. The maximum atomic E-state index is 12.8. The number of phenols is 1. The molecule has 4 heteroatoms. The van der Waals surface area contributed by atoms with Gasteiger partial charge in [0.2, 0.25) is 0 Å². The smallest absolute Gasteiger partial charge is 0.343 e. The van der Waals surface area contributed by atoms with Gasteiger partial charge in [0.1, 0.15) is 11.5 Å². The third-order valence-corrected chi connectivity index (χ3v) is 5.17. The van der Waals surface area contributed by atoms with Crippen molar-refractivity contribution in [2.24, 2.45) is 0 Å². The van der Waals surface area contributed by atoms with Crippen LogP contribution in [0.4, 0.5) is 0 Å². The molecule has 4 aromatic carbocycles. The van der Waals surface area contributed by atoms with Crippen molar-refractivity contribution in [3.63, 3.8) is 0 Å². The topological polar surface area (TPSA) is 59.4 Å². The van der Waals surface area contributed by atoms with Crippen molar-refractivity contribution < 1.29 is 14.6 Å². The zero-order valence-corrected chi connectivity index (χ0v) is 15.9. The second-order valence-corrected chi connectivity index (χ2v) is 6.97. The average Bonchev–Trinajstić information content (AvgIpc) is 2.80. The van der Waals surface area contributed by atoms with Gasteiger partial charge in [-0.1, -0.05) is 60.7 Å². The van der Waals surface area contributed by atoms with Crippen LogP contribution >= 0.6 is 0 Å². The lowest BCUT2D eigenvalue weighted by Gasteiger charge is -2.16. The van der Waals surface area contributed by atoms with E-state index in [1.165, 1.54) is 0 Å². The number of phenolic OH excluding ortho intramolecular Hbond substituents is 1. The number of carbonyl (C=O) groups excluding carboxylic acids is 1. The Morgan fingerprint density at radius 3 is 2.00 bits per heavy atom. The molecule has 4 nitrogen and oxygen atoms in total. The van der Waals surface area contributed by atoms with Crippen LogP contribution < -0.4 is 4.74 Å². The minimum absolute atomic E-state index is 0.131. The lowest BCUT2D eigenvalue weighted by molar-refractivity contribution is 0.0735. The van der Waals surface area contributed by atoms with E-state index < -0.39 is 5.97 Å². The van der Waals surface area contributed by atoms with Crippen LogP contribution in [-0.2, 0) is 0 Å². The third kappa shape index (κ3) is 3.05. The predicted molar refractivity (Wildman–Crippen MR) is 118 cm³/mol. The molecule has 0 aliphatic heterocycles. The van der Waals surface area contributed by atoms with Gasteiger partial charge in [0.15, 0.2) is 0 Å². The number of nitrogens with zero attached hydrogens (tertiary/aromatic N) is 1. The second kappa shape index (κ2) is 7.33. The molecule has 5 aromatic rings. The number of fused-ring (bicyclic) bond motifs is 2. The molecule has 1 heterocycles. The molecule has 0 amide bonds. The third-order valence-electron chi connectivity index (χ3n) is 5.17. The normalized spacial score (nSPS) is 10.9. The Hall–Kier alpha value is -4.18. The number of hydrogen-bond acceptors (Lipinski definition) is 4. The molecule has 0 saturated carbocycles. The molecule has 30 heavy (non-hydrogen) atoms. The van der Waals surface area contributed by atoms with Crippen LogP contribution in [0.15, 0.2) is 97.3 Å². The van der Waals surface area contributed by atoms with Gasteiger partial charge in [0.25, 0.3) is 0 Å². The fourth-order valence-electron chi connectivity index (χ4n) is 3.76. The summed E-state index contributed by atoms with van der Waals surface area (Å²) < 4.78 is 5.82. The van der Waals surface area contributed by atoms with Gasteiger partial charge in [-0.15, -0.1) is 0 Å². The highest BCUT2D eigenvalue weighted by Gasteiger charge is 2.20. The Labute approximate surface area is 173 Å². The van der Waals surface area contributed by atoms with Crippen LogP contribution in [0.1, 0.15) is 10.4 Å². The first-order valence-corrected chi connectivity index (χ1v) is 9.57. The summed E-state index contributed by atoms with van der Waals surface area (Å²) in [6.07, 6.45) is 3.10. The van der Waals surface area contributed by atoms with Crippen molar-refractivity contribution in [1.82, 2.24) is 4.98 Å². The van der Waals surface area contributed by atoms with Crippen LogP contribution in [0, 0.1) is 0 Å². The number of ether oxygens (including phenoxy) is 1. The molecule has 0 aliphatic carbocycles. The first kappa shape index (κ1) is 17.9. The fourth-order valence-corrected chi connectivity index (χ4v) is 3.76. The number of rotatable bonds is 3. The van der Waals surface area contributed by atoms with Gasteiger partial charge in [-0.3, -0.25) is 4.98 Å². The van der Waals surface area contributed by atoms with Gasteiger partial charge < -0.3 is 9.84 Å². The van der Waals surface area contributed by atoms with Gasteiger partial charge >= 0.3 is 5.97 Å². The summed E-state index contributed by atoms with van der Waals surface area (Å²) >= 11 is 0. The Bertz CT molecular complexity index is 1390. The molecule has 0 fully saturated rings. The largest absolute Gasteiger partial charge is 0.507 e. The molecule has 0 aliphatic rings. The van der Waals surface area contributed by atoms with Crippen LogP contribution in [-0.4, -0.2) is 16.1 Å². The van der Waals surface area contributed by atoms with Gasteiger partial charge in [0, 0.05) is 23.5 Å². The van der Waals surface area contributed by atoms with Gasteiger partial charge in [0.05, 0.1) is 5.56 Å². The number of hydrogen-bond donors (Lipinski definition) is 1. The molecule has 5 rings (SSSR count). The quantitative estimate of drug-likeness (QED) is 0.304. The second-order valence-electron chi connectivity index (χ2n) is 6.97. The molecule has 144 valence electrons. The monoisotopic (exact) mass is 391 g/mol. The number of aromatic hydroxyl groups is 1. The van der Waals surface area contributed by atoms with Crippen molar-refractivity contribution in [2.45, 2.75) is 0 Å². The van der Waals surface area contributed by atoms with Crippen molar-refractivity contribution in [3.8, 4) is 22.6 Å². The molecular formula is C26H17NO3. The summed E-state index contributed by atoms with van der Waals surface area (Å²) in [6, 6.07) is 26.1. The van der Waals surface area contributed by atoms with Crippen LogP contribution in [0.3, 0.4) is 0 Å². The summed E-state index contributed by atoms with van der Waals surface area (Å²) in [5.74, 6) is 0.0436. The summed E-state index contributed by atoms with van der Waals surface area (Å²) in [6.45, 7) is 0. The predicted octanol–water partition coefficient (Wildman–Crippen LogP) is 5.98. The number of esters is 1. The van der Waals surface area contributed by atoms with E-state index in [0.29, 0.717) is 22.4 Å². The van der Waals surface area contributed by atoms with E-state index in [-0.39, 0.29) is 5.75 Å². The molecule has 0 spiro atoms. The minimum Gasteiger partial charge on any atom is -0.507 e. The number of carbonyl (C=O) groups is 1. The van der Waals surface area contributed by atoms with Crippen molar-refractivity contribution in [2.75, 3.05) is 0 Å². The van der Waals surface area contributed by atoms with E-state index in [4.69, 9.17) is 4.74 Å². The van der Waals surface area contributed by atoms with Gasteiger partial charge in [-0.2, -0.15) is 0 Å². The van der Waals surface area contributed by atoms with Gasteiger partial charge in [-0.25, -0.2) is 4.79 Å². The Morgan fingerprint density at radius 2 is 1.30 bits per heavy atom. The molecule has 0 unspecified atom stereocenters.